The number of oxime groups is 1. The van der Waals surface area contributed by atoms with Gasteiger partial charge in [-0.1, -0.05) is 5.16 Å². The molecule has 0 atom stereocenters. The van der Waals surface area contributed by atoms with Crippen molar-refractivity contribution < 1.29 is 15.1 Å². The van der Waals surface area contributed by atoms with E-state index in [1.807, 2.05) is 0 Å². The molecule has 1 rings (SSSR count). The maximum atomic E-state index is 10.7. The molecule has 0 spiro atoms. The van der Waals surface area contributed by atoms with Crippen molar-refractivity contribution in [3.63, 3.8) is 0 Å². The highest BCUT2D eigenvalue weighted by Crippen LogP contribution is 2.29. The van der Waals surface area contributed by atoms with Crippen LogP contribution in [0.2, 0.25) is 0 Å². The second kappa shape index (κ2) is 4.34. The third-order valence-corrected chi connectivity index (χ3v) is 1.96. The van der Waals surface area contributed by atoms with Gasteiger partial charge in [-0.25, -0.2) is 0 Å². The highest BCUT2D eigenvalue weighted by Gasteiger charge is 2.25. The fraction of sp³-hybridized carbons (Fsp3) is 0.125. The molecule has 1 aromatic rings. The van der Waals surface area contributed by atoms with Gasteiger partial charge in [0.2, 0.25) is 0 Å². The van der Waals surface area contributed by atoms with Gasteiger partial charge in [-0.3, -0.25) is 20.2 Å². The lowest BCUT2D eigenvalue weighted by molar-refractivity contribution is -0.394. The van der Waals surface area contributed by atoms with Crippen LogP contribution >= 0.6 is 0 Å². The number of hydrogen-bond donors (Lipinski definition) is 1. The fourth-order valence-corrected chi connectivity index (χ4v) is 1.29. The average molecular weight is 225 g/mol. The lowest BCUT2D eigenvalue weighted by atomic mass is 10.1. The highest BCUT2D eigenvalue weighted by molar-refractivity contribution is 5.91. The Hall–Kier alpha value is -2.51. The molecule has 0 aliphatic carbocycles. The number of hydrogen-bond acceptors (Lipinski definition) is 6. The zero-order valence-electron chi connectivity index (χ0n) is 8.15. The number of nitro groups is 2. The zero-order chi connectivity index (χ0) is 12.3. The van der Waals surface area contributed by atoms with Crippen molar-refractivity contribution in [3.8, 4) is 0 Å². The fourth-order valence-electron chi connectivity index (χ4n) is 1.29. The zero-order valence-corrected chi connectivity index (χ0v) is 8.15. The van der Waals surface area contributed by atoms with Crippen LogP contribution in [0.25, 0.3) is 0 Å². The summed E-state index contributed by atoms with van der Waals surface area (Å²) >= 11 is 0. The van der Waals surface area contributed by atoms with E-state index in [2.05, 4.69) is 5.16 Å². The molecule has 1 aromatic carbocycles. The first-order chi connectivity index (χ1) is 7.49. The minimum absolute atomic E-state index is 0.255. The van der Waals surface area contributed by atoms with Gasteiger partial charge in [0.1, 0.15) is 0 Å². The van der Waals surface area contributed by atoms with Crippen LogP contribution in [0.3, 0.4) is 0 Å². The molecule has 1 N–H and O–H groups in total. The van der Waals surface area contributed by atoms with E-state index < -0.39 is 21.2 Å². The van der Waals surface area contributed by atoms with E-state index in [1.165, 1.54) is 13.0 Å². The molecular weight excluding hydrogens is 218 g/mol. The van der Waals surface area contributed by atoms with E-state index in [0.717, 1.165) is 6.07 Å². The van der Waals surface area contributed by atoms with Crippen LogP contribution in [0, 0.1) is 27.2 Å². The summed E-state index contributed by atoms with van der Waals surface area (Å²) in [6, 6.07) is 2.39. The molecule has 8 nitrogen and oxygen atoms in total. The van der Waals surface area contributed by atoms with Gasteiger partial charge < -0.3 is 5.21 Å². The largest absolute Gasteiger partial charge is 0.411 e. The summed E-state index contributed by atoms with van der Waals surface area (Å²) in [7, 11) is 0. The monoisotopic (exact) mass is 225 g/mol. The predicted molar refractivity (Wildman–Crippen MR) is 53.9 cm³/mol. The number of benzene rings is 1. The normalized spacial score (nSPS) is 10.6. The van der Waals surface area contributed by atoms with Gasteiger partial charge in [0, 0.05) is 11.6 Å². The van der Waals surface area contributed by atoms with Crippen LogP contribution in [0.15, 0.2) is 17.3 Å². The van der Waals surface area contributed by atoms with E-state index >= 15 is 0 Å². The van der Waals surface area contributed by atoms with Gasteiger partial charge in [-0.2, -0.15) is 0 Å². The maximum Gasteiger partial charge on any atom is 0.288 e. The Balaban J connectivity index is 3.62. The molecule has 0 aromatic heterocycles. The van der Waals surface area contributed by atoms with Crippen molar-refractivity contribution >= 4 is 17.6 Å². The smallest absolute Gasteiger partial charge is 0.288 e. The van der Waals surface area contributed by atoms with Crippen LogP contribution in [0.4, 0.5) is 11.4 Å². The molecule has 8 heteroatoms. The van der Waals surface area contributed by atoms with Gasteiger partial charge in [-0.15, -0.1) is 0 Å². The first-order valence-electron chi connectivity index (χ1n) is 4.09. The predicted octanol–water partition coefficient (Wildman–Crippen LogP) is 1.62. The molecule has 0 saturated heterocycles. The first kappa shape index (κ1) is 11.6. The quantitative estimate of drug-likeness (QED) is 0.362. The molecule has 0 fully saturated rings. The summed E-state index contributed by atoms with van der Waals surface area (Å²) in [6.07, 6.45) is 0.684. The lowest BCUT2D eigenvalue weighted by Crippen LogP contribution is -2.02. The van der Waals surface area contributed by atoms with E-state index in [0.29, 0.717) is 6.21 Å². The summed E-state index contributed by atoms with van der Waals surface area (Å²) in [5.74, 6) is 0. The van der Waals surface area contributed by atoms with Crippen molar-refractivity contribution in [2.24, 2.45) is 5.16 Å². The second-order valence-electron chi connectivity index (χ2n) is 2.92. The van der Waals surface area contributed by atoms with Crippen LogP contribution < -0.4 is 0 Å². The van der Waals surface area contributed by atoms with Crippen molar-refractivity contribution in [3.05, 3.63) is 43.5 Å². The molecule has 0 amide bonds. The maximum absolute atomic E-state index is 10.7. The summed E-state index contributed by atoms with van der Waals surface area (Å²) < 4.78 is 0. The van der Waals surface area contributed by atoms with Gasteiger partial charge in [0.25, 0.3) is 11.4 Å². The standard InChI is InChI=1S/C8H7N3O5/c1-5-2-3-7(10(13)14)6(4-9-12)8(5)11(15)16/h2-4,12H,1H3. The summed E-state index contributed by atoms with van der Waals surface area (Å²) in [6.45, 7) is 1.44. The average Bonchev–Trinajstić information content (AvgIpc) is 2.17. The molecule has 0 bridgehead atoms. The van der Waals surface area contributed by atoms with Gasteiger partial charge in [-0.05, 0) is 13.0 Å². The topological polar surface area (TPSA) is 119 Å². The summed E-state index contributed by atoms with van der Waals surface area (Å²) in [4.78, 5) is 19.8. The van der Waals surface area contributed by atoms with E-state index in [4.69, 9.17) is 5.21 Å². The Kier molecular flexibility index (Phi) is 3.14. The molecule has 0 saturated carbocycles. The van der Waals surface area contributed by atoms with Gasteiger partial charge in [0.15, 0.2) is 5.56 Å². The van der Waals surface area contributed by atoms with Gasteiger partial charge in [0.05, 0.1) is 16.1 Å². The minimum atomic E-state index is -0.774. The number of rotatable bonds is 3. The first-order valence-corrected chi connectivity index (χ1v) is 4.09. The highest BCUT2D eigenvalue weighted by atomic mass is 16.6. The Morgan fingerprint density at radius 1 is 1.31 bits per heavy atom. The van der Waals surface area contributed by atoms with Crippen LogP contribution in [-0.4, -0.2) is 21.3 Å². The third kappa shape index (κ3) is 1.95. The second-order valence-corrected chi connectivity index (χ2v) is 2.92. The molecular formula is C8H7N3O5. The Labute approximate surface area is 89.1 Å². The van der Waals surface area contributed by atoms with Crippen molar-refractivity contribution in [1.82, 2.24) is 0 Å². The van der Waals surface area contributed by atoms with Crippen LogP contribution in [0.5, 0.6) is 0 Å². The Bertz CT molecular complexity index is 483. The molecule has 0 heterocycles. The van der Waals surface area contributed by atoms with Crippen molar-refractivity contribution in [2.75, 3.05) is 0 Å². The molecule has 16 heavy (non-hydrogen) atoms. The van der Waals surface area contributed by atoms with E-state index in [-0.39, 0.29) is 11.1 Å². The summed E-state index contributed by atoms with van der Waals surface area (Å²) in [5.41, 5.74) is -0.981. The Morgan fingerprint density at radius 2 is 1.94 bits per heavy atom. The number of aryl methyl sites for hydroxylation is 1. The SMILES string of the molecule is Cc1ccc([N+](=O)[O-])c(C=NO)c1[N+](=O)[O-]. The van der Waals surface area contributed by atoms with Crippen molar-refractivity contribution in [2.45, 2.75) is 6.92 Å². The van der Waals surface area contributed by atoms with Crippen LogP contribution in [-0.2, 0) is 0 Å². The third-order valence-electron chi connectivity index (χ3n) is 1.96. The molecule has 0 radical (unpaired) electrons. The Morgan fingerprint density at radius 3 is 2.38 bits per heavy atom. The van der Waals surface area contributed by atoms with Crippen LogP contribution in [0.1, 0.15) is 11.1 Å². The molecule has 0 unspecified atom stereocenters. The number of nitrogens with zero attached hydrogens (tertiary/aromatic N) is 3. The van der Waals surface area contributed by atoms with E-state index in [9.17, 15) is 20.2 Å². The lowest BCUT2D eigenvalue weighted by Gasteiger charge is -2.01. The molecule has 0 aliphatic heterocycles. The van der Waals surface area contributed by atoms with E-state index in [1.54, 1.807) is 0 Å². The summed E-state index contributed by atoms with van der Waals surface area (Å²) in [5, 5.41) is 32.3. The minimum Gasteiger partial charge on any atom is -0.411 e. The van der Waals surface area contributed by atoms with Crippen molar-refractivity contribution in [1.29, 1.82) is 0 Å². The van der Waals surface area contributed by atoms with Gasteiger partial charge >= 0.3 is 0 Å². The molecule has 84 valence electrons. The number of nitro benzene ring substituents is 2. The molecule has 0 aliphatic rings.